The molecule has 1 rings (SSSR count). The highest BCUT2D eigenvalue weighted by molar-refractivity contribution is 7.92. The van der Waals surface area contributed by atoms with Crippen molar-refractivity contribution in [1.82, 2.24) is 0 Å². The first kappa shape index (κ1) is 16.2. The van der Waals surface area contributed by atoms with Crippen LogP contribution in [0.4, 0.5) is 5.69 Å². The van der Waals surface area contributed by atoms with E-state index in [4.69, 9.17) is 4.74 Å². The topological polar surface area (TPSA) is 72.5 Å². The SMILES string of the molecule is C=CCS(=O)(=O)C(C)C(=O)Nc1ccc(OCC)cc1. The molecule has 20 heavy (non-hydrogen) atoms. The third kappa shape index (κ3) is 4.38. The molecule has 1 aromatic carbocycles. The molecule has 0 aliphatic heterocycles. The van der Waals surface area contributed by atoms with E-state index in [0.29, 0.717) is 18.0 Å². The molecule has 1 amide bonds. The second-order valence-corrected chi connectivity index (χ2v) is 6.57. The van der Waals surface area contributed by atoms with Gasteiger partial charge in [0.05, 0.1) is 12.4 Å². The molecule has 1 N–H and O–H groups in total. The van der Waals surface area contributed by atoms with Gasteiger partial charge >= 0.3 is 0 Å². The second kappa shape index (κ2) is 7.09. The van der Waals surface area contributed by atoms with E-state index in [0.717, 1.165) is 0 Å². The molecule has 1 unspecified atom stereocenters. The first-order valence-corrected chi connectivity index (χ1v) is 7.98. The summed E-state index contributed by atoms with van der Waals surface area (Å²) in [5.74, 6) is -0.0842. The van der Waals surface area contributed by atoms with Gasteiger partial charge in [-0.05, 0) is 38.1 Å². The van der Waals surface area contributed by atoms with Crippen LogP contribution in [-0.2, 0) is 14.6 Å². The van der Waals surface area contributed by atoms with Crippen molar-refractivity contribution < 1.29 is 17.9 Å². The third-order valence-corrected chi connectivity index (χ3v) is 4.68. The van der Waals surface area contributed by atoms with Gasteiger partial charge in [0.15, 0.2) is 9.84 Å². The fraction of sp³-hybridized carbons (Fsp3) is 0.357. The predicted molar refractivity (Wildman–Crippen MR) is 79.7 cm³/mol. The number of ether oxygens (including phenoxy) is 1. The summed E-state index contributed by atoms with van der Waals surface area (Å²) in [6.45, 7) is 7.17. The zero-order valence-electron chi connectivity index (χ0n) is 11.6. The molecule has 0 heterocycles. The van der Waals surface area contributed by atoms with E-state index < -0.39 is 21.0 Å². The summed E-state index contributed by atoms with van der Waals surface area (Å²) in [6, 6.07) is 6.75. The van der Waals surface area contributed by atoms with E-state index in [1.807, 2.05) is 6.92 Å². The van der Waals surface area contributed by atoms with Crippen molar-refractivity contribution in [2.45, 2.75) is 19.1 Å². The summed E-state index contributed by atoms with van der Waals surface area (Å²) in [5, 5.41) is 1.45. The molecule has 5 nitrogen and oxygen atoms in total. The number of amides is 1. The maximum Gasteiger partial charge on any atom is 0.242 e. The van der Waals surface area contributed by atoms with E-state index in [-0.39, 0.29) is 5.75 Å². The summed E-state index contributed by atoms with van der Waals surface area (Å²) < 4.78 is 28.8. The van der Waals surface area contributed by atoms with Crippen LogP contribution in [0.15, 0.2) is 36.9 Å². The summed E-state index contributed by atoms with van der Waals surface area (Å²) >= 11 is 0. The van der Waals surface area contributed by atoms with Crippen LogP contribution in [0.1, 0.15) is 13.8 Å². The largest absolute Gasteiger partial charge is 0.494 e. The Morgan fingerprint density at radius 1 is 1.40 bits per heavy atom. The molecule has 0 aliphatic carbocycles. The molecule has 0 saturated heterocycles. The Morgan fingerprint density at radius 2 is 2.00 bits per heavy atom. The van der Waals surface area contributed by atoms with E-state index in [2.05, 4.69) is 11.9 Å². The normalized spacial score (nSPS) is 12.5. The van der Waals surface area contributed by atoms with Crippen molar-refractivity contribution in [3.05, 3.63) is 36.9 Å². The smallest absolute Gasteiger partial charge is 0.242 e. The summed E-state index contributed by atoms with van der Waals surface area (Å²) in [6.07, 6.45) is 1.27. The van der Waals surface area contributed by atoms with E-state index >= 15 is 0 Å². The quantitative estimate of drug-likeness (QED) is 0.781. The summed E-state index contributed by atoms with van der Waals surface area (Å²) in [5.41, 5.74) is 0.527. The van der Waals surface area contributed by atoms with Crippen LogP contribution in [0.5, 0.6) is 5.75 Å². The van der Waals surface area contributed by atoms with Crippen molar-refractivity contribution in [2.75, 3.05) is 17.7 Å². The Hall–Kier alpha value is -1.82. The van der Waals surface area contributed by atoms with Gasteiger partial charge in [-0.2, -0.15) is 0 Å². The highest BCUT2D eigenvalue weighted by Gasteiger charge is 2.26. The zero-order valence-corrected chi connectivity index (χ0v) is 12.4. The predicted octanol–water partition coefficient (Wildman–Crippen LogP) is 2.01. The van der Waals surface area contributed by atoms with Gasteiger partial charge in [0.2, 0.25) is 5.91 Å². The fourth-order valence-electron chi connectivity index (χ4n) is 1.52. The third-order valence-electron chi connectivity index (χ3n) is 2.69. The summed E-state index contributed by atoms with van der Waals surface area (Å²) in [4.78, 5) is 11.9. The molecule has 0 spiro atoms. The van der Waals surface area contributed by atoms with Crippen molar-refractivity contribution in [3.8, 4) is 5.75 Å². The lowest BCUT2D eigenvalue weighted by atomic mass is 10.3. The summed E-state index contributed by atoms with van der Waals surface area (Å²) in [7, 11) is -3.50. The monoisotopic (exact) mass is 297 g/mol. The maximum absolute atomic E-state index is 11.9. The van der Waals surface area contributed by atoms with Gasteiger partial charge in [-0.1, -0.05) is 6.08 Å². The Balaban J connectivity index is 2.73. The number of hydrogen-bond donors (Lipinski definition) is 1. The minimum absolute atomic E-state index is 0.217. The van der Waals surface area contributed by atoms with Gasteiger partial charge < -0.3 is 10.1 Å². The lowest BCUT2D eigenvalue weighted by molar-refractivity contribution is -0.115. The first-order valence-electron chi connectivity index (χ1n) is 6.27. The number of benzene rings is 1. The molecule has 0 aromatic heterocycles. The molecule has 0 aliphatic rings. The highest BCUT2D eigenvalue weighted by Crippen LogP contribution is 2.16. The average molecular weight is 297 g/mol. The van der Waals surface area contributed by atoms with Crippen LogP contribution >= 0.6 is 0 Å². The fourth-order valence-corrected chi connectivity index (χ4v) is 2.52. The van der Waals surface area contributed by atoms with Crippen LogP contribution in [0.2, 0.25) is 0 Å². The van der Waals surface area contributed by atoms with Gasteiger partial charge in [0.25, 0.3) is 0 Å². The Kier molecular flexibility index (Phi) is 5.76. The highest BCUT2D eigenvalue weighted by atomic mass is 32.2. The number of rotatable bonds is 7. The van der Waals surface area contributed by atoms with E-state index in [9.17, 15) is 13.2 Å². The molecule has 1 aromatic rings. The van der Waals surface area contributed by atoms with Gasteiger partial charge in [0.1, 0.15) is 11.0 Å². The molecule has 0 saturated carbocycles. The molecule has 0 fully saturated rings. The van der Waals surface area contributed by atoms with Gasteiger partial charge in [-0.3, -0.25) is 4.79 Å². The van der Waals surface area contributed by atoms with Crippen molar-refractivity contribution in [1.29, 1.82) is 0 Å². The second-order valence-electron chi connectivity index (χ2n) is 4.21. The van der Waals surface area contributed by atoms with E-state index in [1.165, 1.54) is 13.0 Å². The molecule has 0 radical (unpaired) electrons. The Morgan fingerprint density at radius 3 is 2.50 bits per heavy atom. The molecular weight excluding hydrogens is 278 g/mol. The lowest BCUT2D eigenvalue weighted by Crippen LogP contribution is -2.33. The van der Waals surface area contributed by atoms with Gasteiger partial charge in [-0.15, -0.1) is 6.58 Å². The number of hydrogen-bond acceptors (Lipinski definition) is 4. The molecule has 6 heteroatoms. The molecule has 0 bridgehead atoms. The van der Waals surface area contributed by atoms with Crippen molar-refractivity contribution in [2.24, 2.45) is 0 Å². The first-order chi connectivity index (χ1) is 9.40. The number of sulfone groups is 1. The molecule has 1 atom stereocenters. The van der Waals surface area contributed by atoms with Crippen LogP contribution in [-0.4, -0.2) is 31.9 Å². The van der Waals surface area contributed by atoms with Crippen molar-refractivity contribution in [3.63, 3.8) is 0 Å². The molecule has 110 valence electrons. The Labute approximate surface area is 119 Å². The van der Waals surface area contributed by atoms with Crippen LogP contribution in [0.3, 0.4) is 0 Å². The minimum atomic E-state index is -3.50. The van der Waals surface area contributed by atoms with Crippen molar-refractivity contribution >= 4 is 21.4 Å². The Bertz CT molecular complexity index is 563. The zero-order chi connectivity index (χ0) is 15.2. The van der Waals surface area contributed by atoms with Crippen LogP contribution < -0.4 is 10.1 Å². The van der Waals surface area contributed by atoms with Gasteiger partial charge in [-0.25, -0.2) is 8.42 Å². The van der Waals surface area contributed by atoms with Gasteiger partial charge in [0, 0.05) is 5.69 Å². The number of nitrogens with one attached hydrogen (secondary N) is 1. The average Bonchev–Trinajstić information content (AvgIpc) is 2.40. The lowest BCUT2D eigenvalue weighted by Gasteiger charge is -2.12. The maximum atomic E-state index is 11.9. The number of anilines is 1. The standard InChI is InChI=1S/C14H19NO4S/c1-4-10-20(17,18)11(3)14(16)15-12-6-8-13(9-7-12)19-5-2/h4,6-9,11H,1,5,10H2,2-3H3,(H,15,16). The van der Waals surface area contributed by atoms with Crippen LogP contribution in [0.25, 0.3) is 0 Å². The number of carbonyl (C=O) groups excluding carboxylic acids is 1. The molecular formula is C14H19NO4S. The number of carbonyl (C=O) groups is 1. The van der Waals surface area contributed by atoms with E-state index in [1.54, 1.807) is 24.3 Å². The minimum Gasteiger partial charge on any atom is -0.494 e. The van der Waals surface area contributed by atoms with Crippen LogP contribution in [0, 0.1) is 0 Å².